The van der Waals surface area contributed by atoms with Crippen LogP contribution < -0.4 is 0 Å². The Morgan fingerprint density at radius 2 is 2.00 bits per heavy atom. The van der Waals surface area contributed by atoms with E-state index in [1.165, 1.54) is 7.11 Å². The van der Waals surface area contributed by atoms with Crippen LogP contribution in [0.1, 0.15) is 21.5 Å². The summed E-state index contributed by atoms with van der Waals surface area (Å²) < 4.78 is 5.51. The maximum Gasteiger partial charge on any atom is 0.337 e. The van der Waals surface area contributed by atoms with Gasteiger partial charge < -0.3 is 9.57 Å². The van der Waals surface area contributed by atoms with Crippen molar-refractivity contribution in [1.29, 1.82) is 0 Å². The molecule has 0 amide bonds. The number of nitrogens with zero attached hydrogens (tertiary/aromatic N) is 1. The van der Waals surface area contributed by atoms with Crippen molar-refractivity contribution in [1.82, 2.24) is 0 Å². The monoisotopic (exact) mass is 347 g/mol. The average molecular weight is 348 g/mol. The zero-order valence-electron chi connectivity index (χ0n) is 11.5. The third-order valence-electron chi connectivity index (χ3n) is 2.76. The first-order valence-corrected chi connectivity index (χ1v) is 7.07. The van der Waals surface area contributed by atoms with E-state index in [1.54, 1.807) is 24.4 Å². The zero-order valence-corrected chi connectivity index (χ0v) is 13.0. The fourth-order valence-electron chi connectivity index (χ4n) is 1.67. The van der Waals surface area contributed by atoms with Gasteiger partial charge in [-0.15, -0.1) is 0 Å². The molecule has 4 nitrogen and oxygen atoms in total. The van der Waals surface area contributed by atoms with Crippen molar-refractivity contribution in [3.8, 4) is 0 Å². The summed E-state index contributed by atoms with van der Waals surface area (Å²) in [6.07, 6.45) is 1.56. The molecule has 0 atom stereocenters. The molecule has 0 saturated heterocycles. The van der Waals surface area contributed by atoms with Crippen LogP contribution in [-0.2, 0) is 16.2 Å². The second kappa shape index (κ2) is 7.59. The molecular weight excluding hydrogens is 334 g/mol. The minimum Gasteiger partial charge on any atom is -0.465 e. The first-order chi connectivity index (χ1) is 10.2. The number of rotatable bonds is 5. The van der Waals surface area contributed by atoms with Crippen molar-refractivity contribution >= 4 is 28.1 Å². The van der Waals surface area contributed by atoms with Crippen LogP contribution in [-0.4, -0.2) is 19.3 Å². The molecule has 0 N–H and O–H groups in total. The highest BCUT2D eigenvalue weighted by Gasteiger charge is 2.07. The molecule has 0 aliphatic carbocycles. The Bertz CT molecular complexity index is 641. The molecule has 0 fully saturated rings. The summed E-state index contributed by atoms with van der Waals surface area (Å²) in [7, 11) is 1.35. The largest absolute Gasteiger partial charge is 0.465 e. The van der Waals surface area contributed by atoms with Crippen molar-refractivity contribution in [2.75, 3.05) is 7.11 Å². The number of carbonyl (C=O) groups is 1. The molecule has 2 aromatic rings. The van der Waals surface area contributed by atoms with E-state index in [9.17, 15) is 4.79 Å². The molecule has 5 heteroatoms. The summed E-state index contributed by atoms with van der Waals surface area (Å²) in [6.45, 7) is 0.394. The lowest BCUT2D eigenvalue weighted by Crippen LogP contribution is -2.02. The van der Waals surface area contributed by atoms with Gasteiger partial charge in [0.25, 0.3) is 0 Å². The van der Waals surface area contributed by atoms with E-state index in [2.05, 4.69) is 25.8 Å². The number of ether oxygens (including phenoxy) is 1. The molecular formula is C16H14BrNO3. The first kappa shape index (κ1) is 15.3. The van der Waals surface area contributed by atoms with Gasteiger partial charge >= 0.3 is 5.97 Å². The van der Waals surface area contributed by atoms with Crippen LogP contribution in [0.4, 0.5) is 0 Å². The normalized spacial score (nSPS) is 10.6. The molecule has 0 aromatic heterocycles. The predicted molar refractivity (Wildman–Crippen MR) is 84.3 cm³/mol. The number of halogens is 1. The molecule has 2 rings (SSSR count). The number of oxime groups is 1. The second-order valence-electron chi connectivity index (χ2n) is 4.22. The van der Waals surface area contributed by atoms with E-state index < -0.39 is 0 Å². The topological polar surface area (TPSA) is 47.9 Å². The SMILES string of the molecule is COC(=O)c1ccc(Br)c(/C=N/OCc2ccccc2)c1. The van der Waals surface area contributed by atoms with E-state index >= 15 is 0 Å². The Balaban J connectivity index is 2.01. The molecule has 0 heterocycles. The van der Waals surface area contributed by atoms with Crippen LogP contribution in [0.3, 0.4) is 0 Å². The van der Waals surface area contributed by atoms with Gasteiger partial charge in [0, 0.05) is 10.0 Å². The lowest BCUT2D eigenvalue weighted by Gasteiger charge is -2.03. The highest BCUT2D eigenvalue weighted by molar-refractivity contribution is 9.10. The van der Waals surface area contributed by atoms with Gasteiger partial charge in [-0.3, -0.25) is 0 Å². The summed E-state index contributed by atoms with van der Waals surface area (Å²) in [4.78, 5) is 16.7. The lowest BCUT2D eigenvalue weighted by atomic mass is 10.1. The third-order valence-corrected chi connectivity index (χ3v) is 3.48. The van der Waals surface area contributed by atoms with E-state index in [1.807, 2.05) is 30.3 Å². The maximum atomic E-state index is 11.5. The van der Waals surface area contributed by atoms with Gasteiger partial charge in [-0.25, -0.2) is 4.79 Å². The van der Waals surface area contributed by atoms with Gasteiger partial charge in [0.05, 0.1) is 18.9 Å². The summed E-state index contributed by atoms with van der Waals surface area (Å²) in [6, 6.07) is 14.9. The van der Waals surface area contributed by atoms with Gasteiger partial charge in [-0.2, -0.15) is 0 Å². The van der Waals surface area contributed by atoms with E-state index in [0.29, 0.717) is 12.2 Å². The molecule has 2 aromatic carbocycles. The first-order valence-electron chi connectivity index (χ1n) is 6.28. The van der Waals surface area contributed by atoms with E-state index in [0.717, 1.165) is 15.6 Å². The van der Waals surface area contributed by atoms with Crippen molar-refractivity contribution in [3.63, 3.8) is 0 Å². The number of hydrogen-bond donors (Lipinski definition) is 0. The Labute approximate surface area is 131 Å². The number of hydrogen-bond acceptors (Lipinski definition) is 4. The minimum absolute atomic E-state index is 0.387. The van der Waals surface area contributed by atoms with Crippen molar-refractivity contribution < 1.29 is 14.4 Å². The Morgan fingerprint density at radius 3 is 2.71 bits per heavy atom. The van der Waals surface area contributed by atoms with Crippen LogP contribution >= 0.6 is 15.9 Å². The molecule has 0 spiro atoms. The van der Waals surface area contributed by atoms with E-state index in [-0.39, 0.29) is 5.97 Å². The summed E-state index contributed by atoms with van der Waals surface area (Å²) in [5.41, 5.74) is 2.24. The quantitative estimate of drug-likeness (QED) is 0.469. The highest BCUT2D eigenvalue weighted by atomic mass is 79.9. The molecule has 108 valence electrons. The van der Waals surface area contributed by atoms with Gasteiger partial charge in [-0.05, 0) is 23.8 Å². The fourth-order valence-corrected chi connectivity index (χ4v) is 2.02. The third kappa shape index (κ3) is 4.43. The molecule has 0 aliphatic rings. The zero-order chi connectivity index (χ0) is 15.1. The standard InChI is InChI=1S/C16H14BrNO3/c1-20-16(19)13-7-8-15(17)14(9-13)10-18-21-11-12-5-3-2-4-6-12/h2-10H,11H2,1H3/b18-10+. The van der Waals surface area contributed by atoms with Gasteiger partial charge in [0.2, 0.25) is 0 Å². The van der Waals surface area contributed by atoms with E-state index in [4.69, 9.17) is 4.84 Å². The fraction of sp³-hybridized carbons (Fsp3) is 0.125. The van der Waals surface area contributed by atoms with Crippen LogP contribution in [0.5, 0.6) is 0 Å². The van der Waals surface area contributed by atoms with Crippen LogP contribution in [0.25, 0.3) is 0 Å². The van der Waals surface area contributed by atoms with Gasteiger partial charge in [-0.1, -0.05) is 51.4 Å². The van der Waals surface area contributed by atoms with Gasteiger partial charge in [0.1, 0.15) is 6.61 Å². The molecule has 0 bridgehead atoms. The molecule has 0 saturated carbocycles. The van der Waals surface area contributed by atoms with Crippen molar-refractivity contribution in [3.05, 3.63) is 69.7 Å². The molecule has 21 heavy (non-hydrogen) atoms. The second-order valence-corrected chi connectivity index (χ2v) is 5.08. The minimum atomic E-state index is -0.387. The Hall–Kier alpha value is -2.14. The average Bonchev–Trinajstić information content (AvgIpc) is 2.53. The number of methoxy groups -OCH3 is 1. The van der Waals surface area contributed by atoms with Crippen LogP contribution in [0, 0.1) is 0 Å². The number of benzene rings is 2. The summed E-state index contributed by atoms with van der Waals surface area (Å²) in [5, 5.41) is 3.92. The number of esters is 1. The number of carbonyl (C=O) groups excluding carboxylic acids is 1. The highest BCUT2D eigenvalue weighted by Crippen LogP contribution is 2.17. The smallest absolute Gasteiger partial charge is 0.337 e. The molecule has 0 aliphatic heterocycles. The van der Waals surface area contributed by atoms with Gasteiger partial charge in [0.15, 0.2) is 0 Å². The maximum absolute atomic E-state index is 11.5. The van der Waals surface area contributed by atoms with Crippen molar-refractivity contribution in [2.24, 2.45) is 5.16 Å². The molecule has 0 radical (unpaired) electrons. The lowest BCUT2D eigenvalue weighted by molar-refractivity contribution is 0.0600. The predicted octanol–water partition coefficient (Wildman–Crippen LogP) is 3.79. The Morgan fingerprint density at radius 1 is 1.24 bits per heavy atom. The Kier molecular flexibility index (Phi) is 5.51. The summed E-state index contributed by atoms with van der Waals surface area (Å²) >= 11 is 3.40. The van der Waals surface area contributed by atoms with Crippen molar-refractivity contribution in [2.45, 2.75) is 6.61 Å². The van der Waals surface area contributed by atoms with Crippen LogP contribution in [0.15, 0.2) is 58.2 Å². The molecule has 0 unspecified atom stereocenters. The van der Waals surface area contributed by atoms with Crippen LogP contribution in [0.2, 0.25) is 0 Å². The summed E-state index contributed by atoms with van der Waals surface area (Å²) in [5.74, 6) is -0.387.